The van der Waals surface area contributed by atoms with Gasteiger partial charge in [0.1, 0.15) is 0 Å². The molecular formula is C16H23N. The van der Waals surface area contributed by atoms with Crippen molar-refractivity contribution in [2.24, 2.45) is 0 Å². The quantitative estimate of drug-likeness (QED) is 0.764. The maximum absolute atomic E-state index is 3.81. The first kappa shape index (κ1) is 12.4. The molecule has 0 radical (unpaired) electrons. The van der Waals surface area contributed by atoms with Gasteiger partial charge in [0.15, 0.2) is 0 Å². The molecule has 3 atom stereocenters. The van der Waals surface area contributed by atoms with Crippen LogP contribution in [0.15, 0.2) is 36.9 Å². The summed E-state index contributed by atoms with van der Waals surface area (Å²) < 4.78 is 0. The summed E-state index contributed by atoms with van der Waals surface area (Å²) in [7, 11) is 0. The summed E-state index contributed by atoms with van der Waals surface area (Å²) in [5.41, 5.74) is 3.03. The van der Waals surface area contributed by atoms with Gasteiger partial charge >= 0.3 is 0 Å². The van der Waals surface area contributed by atoms with Crippen LogP contribution >= 0.6 is 0 Å². The van der Waals surface area contributed by atoms with Crippen molar-refractivity contribution in [2.45, 2.75) is 51.1 Å². The van der Waals surface area contributed by atoms with E-state index in [2.05, 4.69) is 50.0 Å². The number of hydrogen-bond donors (Lipinski definition) is 1. The molecule has 1 aromatic carbocycles. The van der Waals surface area contributed by atoms with Crippen LogP contribution < -0.4 is 5.32 Å². The zero-order valence-corrected chi connectivity index (χ0v) is 10.9. The highest BCUT2D eigenvalue weighted by atomic mass is 14.9. The van der Waals surface area contributed by atoms with Crippen molar-refractivity contribution in [2.75, 3.05) is 0 Å². The molecule has 0 saturated heterocycles. The second-order valence-electron chi connectivity index (χ2n) is 5.25. The molecule has 1 nitrogen and oxygen atoms in total. The van der Waals surface area contributed by atoms with Crippen LogP contribution in [0.25, 0.3) is 0 Å². The fraction of sp³-hybridized carbons (Fsp3) is 0.500. The highest BCUT2D eigenvalue weighted by Crippen LogP contribution is 2.37. The summed E-state index contributed by atoms with van der Waals surface area (Å²) >= 11 is 0. The van der Waals surface area contributed by atoms with Crippen molar-refractivity contribution in [3.63, 3.8) is 0 Å². The SMILES string of the molecule is C=CCC(C)NC1CCC(C)c2ccccc21. The lowest BCUT2D eigenvalue weighted by molar-refractivity contribution is 0.392. The lowest BCUT2D eigenvalue weighted by Gasteiger charge is -2.32. The van der Waals surface area contributed by atoms with Crippen molar-refractivity contribution in [1.29, 1.82) is 0 Å². The fourth-order valence-corrected chi connectivity index (χ4v) is 2.84. The predicted molar refractivity (Wildman–Crippen MR) is 74.2 cm³/mol. The largest absolute Gasteiger partial charge is 0.307 e. The monoisotopic (exact) mass is 229 g/mol. The van der Waals surface area contributed by atoms with Gasteiger partial charge in [-0.1, -0.05) is 37.3 Å². The number of nitrogens with one attached hydrogen (secondary N) is 1. The van der Waals surface area contributed by atoms with Crippen molar-refractivity contribution in [3.8, 4) is 0 Å². The molecule has 0 aliphatic heterocycles. The van der Waals surface area contributed by atoms with Gasteiger partial charge in [-0.2, -0.15) is 0 Å². The van der Waals surface area contributed by atoms with Crippen LogP contribution in [0.4, 0.5) is 0 Å². The van der Waals surface area contributed by atoms with Gasteiger partial charge < -0.3 is 5.32 Å². The van der Waals surface area contributed by atoms with E-state index in [0.29, 0.717) is 18.0 Å². The molecule has 0 amide bonds. The number of hydrogen-bond acceptors (Lipinski definition) is 1. The Morgan fingerprint density at radius 1 is 1.35 bits per heavy atom. The molecule has 1 N–H and O–H groups in total. The topological polar surface area (TPSA) is 12.0 Å². The number of fused-ring (bicyclic) bond motifs is 1. The Bertz CT molecular complexity index is 383. The lowest BCUT2D eigenvalue weighted by atomic mass is 9.81. The van der Waals surface area contributed by atoms with Crippen molar-refractivity contribution in [3.05, 3.63) is 48.0 Å². The van der Waals surface area contributed by atoms with Gasteiger partial charge in [-0.15, -0.1) is 6.58 Å². The van der Waals surface area contributed by atoms with Gasteiger partial charge in [0.25, 0.3) is 0 Å². The Labute approximate surface area is 105 Å². The molecule has 1 aromatic rings. The Hall–Kier alpha value is -1.08. The van der Waals surface area contributed by atoms with Crippen LogP contribution in [0.2, 0.25) is 0 Å². The lowest BCUT2D eigenvalue weighted by Crippen LogP contribution is -2.32. The molecule has 0 aromatic heterocycles. The van der Waals surface area contributed by atoms with Crippen LogP contribution in [0, 0.1) is 0 Å². The average Bonchev–Trinajstić information content (AvgIpc) is 2.34. The Balaban J connectivity index is 2.15. The maximum Gasteiger partial charge on any atom is 0.0325 e. The van der Waals surface area contributed by atoms with E-state index in [-0.39, 0.29) is 0 Å². The van der Waals surface area contributed by atoms with E-state index in [1.54, 1.807) is 0 Å². The Kier molecular flexibility index (Phi) is 4.01. The number of benzene rings is 1. The van der Waals surface area contributed by atoms with E-state index in [1.165, 1.54) is 24.0 Å². The molecule has 17 heavy (non-hydrogen) atoms. The smallest absolute Gasteiger partial charge is 0.0325 e. The molecule has 1 heteroatoms. The summed E-state index contributed by atoms with van der Waals surface area (Å²) in [6.07, 6.45) is 5.57. The zero-order valence-electron chi connectivity index (χ0n) is 10.9. The van der Waals surface area contributed by atoms with Crippen LogP contribution in [0.3, 0.4) is 0 Å². The Morgan fingerprint density at radius 2 is 2.06 bits per heavy atom. The van der Waals surface area contributed by atoms with Crippen molar-refractivity contribution in [1.82, 2.24) is 5.32 Å². The molecule has 2 rings (SSSR count). The van der Waals surface area contributed by atoms with Crippen LogP contribution in [-0.4, -0.2) is 6.04 Å². The molecule has 0 heterocycles. The van der Waals surface area contributed by atoms with Gasteiger partial charge in [-0.05, 0) is 43.2 Å². The molecular weight excluding hydrogens is 206 g/mol. The first-order chi connectivity index (χ1) is 8.22. The van der Waals surface area contributed by atoms with E-state index in [1.807, 2.05) is 6.08 Å². The second-order valence-corrected chi connectivity index (χ2v) is 5.25. The maximum atomic E-state index is 3.81. The number of rotatable bonds is 4. The summed E-state index contributed by atoms with van der Waals surface area (Å²) in [4.78, 5) is 0. The molecule has 0 fully saturated rings. The first-order valence-corrected chi connectivity index (χ1v) is 6.68. The van der Waals surface area contributed by atoms with E-state index >= 15 is 0 Å². The average molecular weight is 229 g/mol. The second kappa shape index (κ2) is 5.50. The molecule has 0 saturated carbocycles. The molecule has 92 valence electrons. The van der Waals surface area contributed by atoms with E-state index in [9.17, 15) is 0 Å². The first-order valence-electron chi connectivity index (χ1n) is 6.68. The molecule has 0 bridgehead atoms. The van der Waals surface area contributed by atoms with E-state index in [4.69, 9.17) is 0 Å². The summed E-state index contributed by atoms with van der Waals surface area (Å²) in [6.45, 7) is 8.38. The summed E-state index contributed by atoms with van der Waals surface area (Å²) in [5.74, 6) is 0.707. The summed E-state index contributed by atoms with van der Waals surface area (Å²) in [5, 5.41) is 3.73. The highest BCUT2D eigenvalue weighted by Gasteiger charge is 2.24. The third-order valence-corrected chi connectivity index (χ3v) is 3.80. The highest BCUT2D eigenvalue weighted by molar-refractivity contribution is 5.34. The van der Waals surface area contributed by atoms with Gasteiger partial charge in [0.2, 0.25) is 0 Å². The molecule has 0 spiro atoms. The Morgan fingerprint density at radius 3 is 2.76 bits per heavy atom. The van der Waals surface area contributed by atoms with Crippen molar-refractivity contribution < 1.29 is 0 Å². The predicted octanol–water partition coefficient (Wildman–Crippen LogP) is 4.18. The minimum Gasteiger partial charge on any atom is -0.307 e. The van der Waals surface area contributed by atoms with Gasteiger partial charge in [-0.3, -0.25) is 0 Å². The van der Waals surface area contributed by atoms with Crippen LogP contribution in [0.5, 0.6) is 0 Å². The molecule has 3 unspecified atom stereocenters. The van der Waals surface area contributed by atoms with Gasteiger partial charge in [-0.25, -0.2) is 0 Å². The summed E-state index contributed by atoms with van der Waals surface area (Å²) in [6, 6.07) is 9.92. The molecule has 1 aliphatic carbocycles. The van der Waals surface area contributed by atoms with Gasteiger partial charge in [0.05, 0.1) is 0 Å². The minimum absolute atomic E-state index is 0.513. The van der Waals surface area contributed by atoms with E-state index < -0.39 is 0 Å². The van der Waals surface area contributed by atoms with Crippen molar-refractivity contribution >= 4 is 0 Å². The van der Waals surface area contributed by atoms with Crippen LogP contribution in [0.1, 0.15) is 56.2 Å². The normalized spacial score (nSPS) is 25.1. The third-order valence-electron chi connectivity index (χ3n) is 3.80. The minimum atomic E-state index is 0.513. The van der Waals surface area contributed by atoms with E-state index in [0.717, 1.165) is 6.42 Å². The fourth-order valence-electron chi connectivity index (χ4n) is 2.84. The van der Waals surface area contributed by atoms with Gasteiger partial charge in [0, 0.05) is 12.1 Å². The van der Waals surface area contributed by atoms with Crippen LogP contribution in [-0.2, 0) is 0 Å². The zero-order chi connectivity index (χ0) is 12.3. The molecule has 1 aliphatic rings. The standard InChI is InChI=1S/C16H23N/c1-4-7-13(3)17-16-11-10-12(2)14-8-5-6-9-15(14)16/h4-6,8-9,12-13,16-17H,1,7,10-11H2,2-3H3. The third kappa shape index (κ3) is 2.78.